The molecular weight excluding hydrogens is 396 g/mol. The molecule has 0 aliphatic carbocycles. The summed E-state index contributed by atoms with van der Waals surface area (Å²) in [5.41, 5.74) is 1.35. The van der Waals surface area contributed by atoms with E-state index in [2.05, 4.69) is 9.97 Å². The summed E-state index contributed by atoms with van der Waals surface area (Å²) in [7, 11) is 0. The van der Waals surface area contributed by atoms with Gasteiger partial charge >= 0.3 is 0 Å². The quantitative estimate of drug-likeness (QED) is 0.405. The van der Waals surface area contributed by atoms with E-state index in [1.165, 1.54) is 12.4 Å². The highest BCUT2D eigenvalue weighted by atomic mass is 16.5. The summed E-state index contributed by atoms with van der Waals surface area (Å²) >= 11 is 0. The Bertz CT molecular complexity index is 1140. The van der Waals surface area contributed by atoms with Gasteiger partial charge in [0, 0.05) is 29.3 Å². The van der Waals surface area contributed by atoms with Crippen molar-refractivity contribution >= 4 is 0 Å². The molecule has 0 fully saturated rings. The predicted molar refractivity (Wildman–Crippen MR) is 114 cm³/mol. The monoisotopic (exact) mass is 416 g/mol. The van der Waals surface area contributed by atoms with Crippen molar-refractivity contribution in [1.82, 2.24) is 9.97 Å². The molecule has 0 atom stereocenters. The van der Waals surface area contributed by atoms with Crippen LogP contribution in [-0.4, -0.2) is 20.2 Å². The third-order valence-corrected chi connectivity index (χ3v) is 4.29. The fraction of sp³-hybridized carbons (Fsp3) is 0.0833. The molecule has 0 bridgehead atoms. The van der Waals surface area contributed by atoms with Gasteiger partial charge in [0.05, 0.1) is 12.4 Å². The number of hydrogen-bond donors (Lipinski definition) is 2. The number of nitrogens with zero attached hydrogens (tertiary/aromatic N) is 2. The first kappa shape index (κ1) is 20.0. The first-order valence-electron chi connectivity index (χ1n) is 9.51. The van der Waals surface area contributed by atoms with Gasteiger partial charge < -0.3 is 24.4 Å². The average molecular weight is 416 g/mol. The Kier molecular flexibility index (Phi) is 5.57. The van der Waals surface area contributed by atoms with Gasteiger partial charge in [0.15, 0.2) is 0 Å². The Hall–Kier alpha value is -4.26. The molecule has 0 unspecified atom stereocenters. The molecule has 7 heteroatoms. The summed E-state index contributed by atoms with van der Waals surface area (Å²) in [6, 6.07) is 17.6. The molecule has 0 saturated heterocycles. The van der Waals surface area contributed by atoms with Gasteiger partial charge in [-0.3, -0.25) is 0 Å². The number of ether oxygens (including phenoxy) is 3. The van der Waals surface area contributed by atoms with Gasteiger partial charge in [0.25, 0.3) is 0 Å². The predicted octanol–water partition coefficient (Wildman–Crippen LogP) is 5.88. The highest BCUT2D eigenvalue weighted by Crippen LogP contribution is 2.36. The van der Waals surface area contributed by atoms with Crippen molar-refractivity contribution in [1.29, 1.82) is 0 Å². The second-order valence-corrected chi connectivity index (χ2v) is 6.89. The molecule has 0 spiro atoms. The Labute approximate surface area is 179 Å². The van der Waals surface area contributed by atoms with Crippen molar-refractivity contribution in [3.05, 3.63) is 84.2 Å². The highest BCUT2D eigenvalue weighted by Gasteiger charge is 2.12. The molecule has 0 aliphatic rings. The standard InChI is InChI=1S/C24H20N2O5/c1-15-8-17(27)13-25-23(15)30-21-10-20(29-19-6-4-3-5-7-19)11-22(12-21)31-24-16(2)9-18(28)14-26-24/h3-14,27-28H,1-2H3. The second-order valence-electron chi connectivity index (χ2n) is 6.89. The van der Waals surface area contributed by atoms with E-state index < -0.39 is 0 Å². The lowest BCUT2D eigenvalue weighted by atomic mass is 10.2. The first-order valence-corrected chi connectivity index (χ1v) is 9.51. The van der Waals surface area contributed by atoms with E-state index in [0.717, 1.165) is 0 Å². The lowest BCUT2D eigenvalue weighted by Gasteiger charge is -2.14. The lowest BCUT2D eigenvalue weighted by molar-refractivity contribution is 0.418. The Morgan fingerprint density at radius 3 is 1.48 bits per heavy atom. The van der Waals surface area contributed by atoms with Gasteiger partial charge in [0.2, 0.25) is 11.8 Å². The normalized spacial score (nSPS) is 10.5. The number of rotatable bonds is 6. The Morgan fingerprint density at radius 1 is 0.581 bits per heavy atom. The van der Waals surface area contributed by atoms with Crippen molar-refractivity contribution in [2.75, 3.05) is 0 Å². The SMILES string of the molecule is Cc1cc(O)cnc1Oc1cc(Oc2ccccc2)cc(Oc2ncc(O)cc2C)c1. The average Bonchev–Trinajstić information content (AvgIpc) is 2.73. The fourth-order valence-electron chi connectivity index (χ4n) is 2.88. The van der Waals surface area contributed by atoms with Crippen LogP contribution in [0.25, 0.3) is 0 Å². The van der Waals surface area contributed by atoms with Gasteiger partial charge in [-0.2, -0.15) is 0 Å². The first-order chi connectivity index (χ1) is 15.0. The van der Waals surface area contributed by atoms with E-state index in [1.807, 2.05) is 30.3 Å². The molecule has 4 rings (SSSR count). The van der Waals surface area contributed by atoms with Crippen LogP contribution < -0.4 is 14.2 Å². The molecule has 0 aliphatic heterocycles. The smallest absolute Gasteiger partial charge is 0.222 e. The number of benzene rings is 2. The van der Waals surface area contributed by atoms with Crippen molar-refractivity contribution in [2.24, 2.45) is 0 Å². The minimum absolute atomic E-state index is 0.0592. The Morgan fingerprint density at radius 2 is 1.03 bits per heavy atom. The van der Waals surface area contributed by atoms with Gasteiger partial charge in [-0.25, -0.2) is 9.97 Å². The number of hydrogen-bond acceptors (Lipinski definition) is 7. The van der Waals surface area contributed by atoms with Gasteiger partial charge in [-0.1, -0.05) is 18.2 Å². The highest BCUT2D eigenvalue weighted by molar-refractivity contribution is 5.47. The molecule has 4 aromatic rings. The maximum absolute atomic E-state index is 9.58. The van der Waals surface area contributed by atoms with E-state index in [1.54, 1.807) is 44.2 Å². The van der Waals surface area contributed by atoms with Crippen LogP contribution in [0.1, 0.15) is 11.1 Å². The van der Waals surface area contributed by atoms with Crippen LogP contribution >= 0.6 is 0 Å². The van der Waals surface area contributed by atoms with E-state index in [9.17, 15) is 10.2 Å². The number of aromatic nitrogens is 2. The molecule has 2 N–H and O–H groups in total. The van der Waals surface area contributed by atoms with E-state index in [-0.39, 0.29) is 11.5 Å². The number of aryl methyl sites for hydroxylation is 2. The summed E-state index contributed by atoms with van der Waals surface area (Å²) in [4.78, 5) is 8.26. The van der Waals surface area contributed by atoms with E-state index in [4.69, 9.17) is 14.2 Å². The summed E-state index contributed by atoms with van der Waals surface area (Å²) in [6.07, 6.45) is 2.63. The van der Waals surface area contributed by atoms with Crippen molar-refractivity contribution < 1.29 is 24.4 Å². The fourth-order valence-corrected chi connectivity index (χ4v) is 2.88. The molecule has 7 nitrogen and oxygen atoms in total. The molecule has 2 aromatic heterocycles. The number of para-hydroxylation sites is 1. The molecule has 156 valence electrons. The van der Waals surface area contributed by atoms with Crippen LogP contribution in [0.3, 0.4) is 0 Å². The third-order valence-electron chi connectivity index (χ3n) is 4.29. The van der Waals surface area contributed by atoms with E-state index in [0.29, 0.717) is 45.9 Å². The van der Waals surface area contributed by atoms with Gasteiger partial charge in [-0.15, -0.1) is 0 Å². The second kappa shape index (κ2) is 8.62. The minimum atomic E-state index is 0.0592. The summed E-state index contributed by atoms with van der Waals surface area (Å²) < 4.78 is 17.8. The van der Waals surface area contributed by atoms with Crippen molar-refractivity contribution in [3.63, 3.8) is 0 Å². The van der Waals surface area contributed by atoms with Gasteiger partial charge in [-0.05, 0) is 38.1 Å². The zero-order valence-corrected chi connectivity index (χ0v) is 16.9. The number of aromatic hydroxyl groups is 2. The van der Waals surface area contributed by atoms with E-state index >= 15 is 0 Å². The zero-order valence-electron chi connectivity index (χ0n) is 16.9. The molecule has 2 aromatic carbocycles. The largest absolute Gasteiger partial charge is 0.506 e. The van der Waals surface area contributed by atoms with Crippen LogP contribution in [0, 0.1) is 13.8 Å². The van der Waals surface area contributed by atoms with Crippen LogP contribution in [-0.2, 0) is 0 Å². The minimum Gasteiger partial charge on any atom is -0.506 e. The van der Waals surface area contributed by atoms with Crippen LogP contribution in [0.2, 0.25) is 0 Å². The molecule has 0 saturated carbocycles. The Balaban J connectivity index is 1.69. The van der Waals surface area contributed by atoms with Crippen molar-refractivity contribution in [2.45, 2.75) is 13.8 Å². The molecular formula is C24H20N2O5. The number of pyridine rings is 2. The summed E-state index contributed by atoms with van der Waals surface area (Å²) in [6.45, 7) is 3.57. The molecule has 0 amide bonds. The molecule has 0 radical (unpaired) electrons. The van der Waals surface area contributed by atoms with Crippen LogP contribution in [0.5, 0.6) is 46.3 Å². The van der Waals surface area contributed by atoms with Crippen LogP contribution in [0.4, 0.5) is 0 Å². The topological polar surface area (TPSA) is 93.9 Å². The maximum atomic E-state index is 9.58. The van der Waals surface area contributed by atoms with Gasteiger partial charge in [0.1, 0.15) is 34.5 Å². The van der Waals surface area contributed by atoms with Crippen molar-refractivity contribution in [3.8, 4) is 46.3 Å². The maximum Gasteiger partial charge on any atom is 0.222 e. The van der Waals surface area contributed by atoms with Crippen LogP contribution in [0.15, 0.2) is 73.1 Å². The summed E-state index contributed by atoms with van der Waals surface area (Å²) in [5, 5.41) is 19.2. The molecule has 2 heterocycles. The molecule has 31 heavy (non-hydrogen) atoms. The zero-order chi connectivity index (χ0) is 21.8. The lowest BCUT2D eigenvalue weighted by Crippen LogP contribution is -1.95. The summed E-state index contributed by atoms with van der Waals surface area (Å²) in [5.74, 6) is 2.82. The third kappa shape index (κ3) is 5.02.